The van der Waals surface area contributed by atoms with Crippen molar-refractivity contribution in [1.82, 2.24) is 5.32 Å². The fraction of sp³-hybridized carbons (Fsp3) is 0.353. The molecule has 3 heteroatoms. The summed E-state index contributed by atoms with van der Waals surface area (Å²) in [5.41, 5.74) is 10.2. The molecule has 0 heterocycles. The second-order valence-electron chi connectivity index (χ2n) is 5.12. The van der Waals surface area contributed by atoms with Crippen LogP contribution in [0.4, 0.5) is 0 Å². The van der Waals surface area contributed by atoms with Crippen molar-refractivity contribution in [2.24, 2.45) is 5.73 Å². The Hall–Kier alpha value is -1.87. The molecule has 20 heavy (non-hydrogen) atoms. The predicted molar refractivity (Wildman–Crippen MR) is 85.6 cm³/mol. The molecule has 106 valence electrons. The molecule has 0 saturated heterocycles. The molecule has 0 saturated carbocycles. The van der Waals surface area contributed by atoms with Crippen LogP contribution in [0.25, 0.3) is 5.57 Å². The molecule has 0 aliphatic heterocycles. The summed E-state index contributed by atoms with van der Waals surface area (Å²) in [6, 6.07) is 8.53. The van der Waals surface area contributed by atoms with Crippen molar-refractivity contribution in [2.45, 2.75) is 32.7 Å². The van der Waals surface area contributed by atoms with Crippen LogP contribution < -0.4 is 11.1 Å². The van der Waals surface area contributed by atoms with Crippen molar-refractivity contribution < 1.29 is 0 Å². The second-order valence-corrected chi connectivity index (χ2v) is 5.12. The van der Waals surface area contributed by atoms with E-state index >= 15 is 0 Å². The Morgan fingerprint density at radius 2 is 2.05 bits per heavy atom. The SMILES string of the molecule is CCCNCc1ccc(C2=C(C(=N)N)CCC=C2)cc1. The van der Waals surface area contributed by atoms with Crippen LogP contribution in [0, 0.1) is 5.41 Å². The van der Waals surface area contributed by atoms with Crippen molar-refractivity contribution in [2.75, 3.05) is 6.54 Å². The Morgan fingerprint density at radius 1 is 1.30 bits per heavy atom. The molecule has 0 amide bonds. The van der Waals surface area contributed by atoms with Gasteiger partial charge in [-0.1, -0.05) is 43.3 Å². The Bertz CT molecular complexity index is 524. The van der Waals surface area contributed by atoms with E-state index in [1.54, 1.807) is 0 Å². The standard InChI is InChI=1S/C17H23N3/c1-2-11-20-12-13-7-9-14(10-8-13)15-5-3-4-6-16(15)17(18)19/h3,5,7-10,20H,2,4,6,11-12H2,1H3,(H3,18,19). The molecule has 0 aromatic heterocycles. The highest BCUT2D eigenvalue weighted by molar-refractivity contribution is 6.04. The van der Waals surface area contributed by atoms with Gasteiger partial charge in [-0.05, 0) is 42.5 Å². The molecule has 1 aliphatic carbocycles. The van der Waals surface area contributed by atoms with Gasteiger partial charge in [0.2, 0.25) is 0 Å². The van der Waals surface area contributed by atoms with Gasteiger partial charge in [0.15, 0.2) is 0 Å². The van der Waals surface area contributed by atoms with Crippen molar-refractivity contribution in [3.05, 3.63) is 53.1 Å². The van der Waals surface area contributed by atoms with Gasteiger partial charge < -0.3 is 11.1 Å². The fourth-order valence-electron chi connectivity index (χ4n) is 2.43. The Labute approximate surface area is 121 Å². The number of hydrogen-bond donors (Lipinski definition) is 3. The van der Waals surface area contributed by atoms with Gasteiger partial charge in [0.05, 0.1) is 0 Å². The number of allylic oxidation sites excluding steroid dienone is 3. The lowest BCUT2D eigenvalue weighted by Crippen LogP contribution is -2.16. The lowest BCUT2D eigenvalue weighted by Gasteiger charge is -2.15. The van der Waals surface area contributed by atoms with Crippen LogP contribution in [-0.4, -0.2) is 12.4 Å². The van der Waals surface area contributed by atoms with E-state index in [-0.39, 0.29) is 5.84 Å². The molecule has 0 bridgehead atoms. The van der Waals surface area contributed by atoms with Gasteiger partial charge in [-0.3, -0.25) is 5.41 Å². The predicted octanol–water partition coefficient (Wildman–Crippen LogP) is 3.23. The highest BCUT2D eigenvalue weighted by atomic mass is 14.8. The molecular formula is C17H23N3. The van der Waals surface area contributed by atoms with Crippen LogP contribution in [0.5, 0.6) is 0 Å². The van der Waals surface area contributed by atoms with Gasteiger partial charge in [-0.25, -0.2) is 0 Å². The minimum atomic E-state index is 0.193. The second kappa shape index (κ2) is 7.06. The van der Waals surface area contributed by atoms with Crippen LogP contribution in [0.1, 0.15) is 37.3 Å². The van der Waals surface area contributed by atoms with Crippen molar-refractivity contribution in [3.8, 4) is 0 Å². The zero-order valence-electron chi connectivity index (χ0n) is 12.1. The van der Waals surface area contributed by atoms with E-state index in [0.717, 1.165) is 49.1 Å². The van der Waals surface area contributed by atoms with Crippen LogP contribution in [-0.2, 0) is 6.54 Å². The monoisotopic (exact) mass is 269 g/mol. The first kappa shape index (κ1) is 14.5. The third-order valence-electron chi connectivity index (χ3n) is 3.52. The topological polar surface area (TPSA) is 61.9 Å². The normalized spacial score (nSPS) is 14.7. The van der Waals surface area contributed by atoms with E-state index in [9.17, 15) is 0 Å². The minimum Gasteiger partial charge on any atom is -0.384 e. The molecule has 3 nitrogen and oxygen atoms in total. The number of nitrogens with one attached hydrogen (secondary N) is 2. The lowest BCUT2D eigenvalue weighted by molar-refractivity contribution is 0.675. The maximum Gasteiger partial charge on any atom is 0.119 e. The van der Waals surface area contributed by atoms with E-state index in [4.69, 9.17) is 11.1 Å². The molecule has 1 aromatic carbocycles. The molecule has 1 aromatic rings. The molecule has 0 radical (unpaired) electrons. The van der Waals surface area contributed by atoms with E-state index in [1.165, 1.54) is 5.56 Å². The first-order valence-corrected chi connectivity index (χ1v) is 7.26. The number of nitrogens with two attached hydrogens (primary N) is 1. The summed E-state index contributed by atoms with van der Waals surface area (Å²) < 4.78 is 0. The van der Waals surface area contributed by atoms with Gasteiger partial charge >= 0.3 is 0 Å². The Morgan fingerprint density at radius 3 is 2.70 bits per heavy atom. The fourth-order valence-corrected chi connectivity index (χ4v) is 2.43. The van der Waals surface area contributed by atoms with Crippen molar-refractivity contribution in [3.63, 3.8) is 0 Å². The van der Waals surface area contributed by atoms with E-state index < -0.39 is 0 Å². The molecule has 0 unspecified atom stereocenters. The zero-order chi connectivity index (χ0) is 14.4. The minimum absolute atomic E-state index is 0.193. The van der Waals surface area contributed by atoms with Crippen molar-refractivity contribution in [1.29, 1.82) is 5.41 Å². The molecule has 0 atom stereocenters. The van der Waals surface area contributed by atoms with E-state index in [1.807, 2.05) is 0 Å². The lowest BCUT2D eigenvalue weighted by atomic mass is 9.91. The highest BCUT2D eigenvalue weighted by Gasteiger charge is 2.12. The zero-order valence-corrected chi connectivity index (χ0v) is 12.1. The molecule has 2 rings (SSSR count). The van der Waals surface area contributed by atoms with Crippen molar-refractivity contribution >= 4 is 11.4 Å². The summed E-state index contributed by atoms with van der Waals surface area (Å²) in [5.74, 6) is 0.193. The summed E-state index contributed by atoms with van der Waals surface area (Å²) in [5, 5.41) is 11.1. The van der Waals surface area contributed by atoms with Gasteiger partial charge in [-0.2, -0.15) is 0 Å². The smallest absolute Gasteiger partial charge is 0.119 e. The summed E-state index contributed by atoms with van der Waals surface area (Å²) in [6.45, 7) is 4.12. The summed E-state index contributed by atoms with van der Waals surface area (Å²) in [4.78, 5) is 0. The van der Waals surface area contributed by atoms with Gasteiger partial charge in [0.25, 0.3) is 0 Å². The van der Waals surface area contributed by atoms with E-state index in [2.05, 4.69) is 48.7 Å². The van der Waals surface area contributed by atoms with Crippen LogP contribution in [0.3, 0.4) is 0 Å². The maximum absolute atomic E-state index is 7.70. The maximum atomic E-state index is 7.70. The average molecular weight is 269 g/mol. The third-order valence-corrected chi connectivity index (χ3v) is 3.52. The average Bonchev–Trinajstić information content (AvgIpc) is 2.48. The first-order chi connectivity index (χ1) is 9.72. The van der Waals surface area contributed by atoms with Gasteiger partial charge in [0, 0.05) is 12.1 Å². The number of rotatable bonds is 6. The largest absolute Gasteiger partial charge is 0.384 e. The summed E-state index contributed by atoms with van der Waals surface area (Å²) >= 11 is 0. The van der Waals surface area contributed by atoms with Crippen LogP contribution in [0.15, 0.2) is 42.0 Å². The van der Waals surface area contributed by atoms with Gasteiger partial charge in [0.1, 0.15) is 5.84 Å². The number of hydrogen-bond acceptors (Lipinski definition) is 2. The molecule has 1 aliphatic rings. The number of benzene rings is 1. The number of amidine groups is 1. The van der Waals surface area contributed by atoms with Crippen LogP contribution >= 0.6 is 0 Å². The van der Waals surface area contributed by atoms with Crippen LogP contribution in [0.2, 0.25) is 0 Å². The van der Waals surface area contributed by atoms with Gasteiger partial charge in [-0.15, -0.1) is 0 Å². The Balaban J connectivity index is 2.16. The highest BCUT2D eigenvalue weighted by Crippen LogP contribution is 2.27. The third kappa shape index (κ3) is 3.58. The first-order valence-electron chi connectivity index (χ1n) is 7.26. The summed E-state index contributed by atoms with van der Waals surface area (Å²) in [6.07, 6.45) is 7.22. The summed E-state index contributed by atoms with van der Waals surface area (Å²) in [7, 11) is 0. The Kier molecular flexibility index (Phi) is 5.13. The quantitative estimate of drug-likeness (QED) is 0.422. The molecule has 0 spiro atoms. The molecule has 0 fully saturated rings. The molecule has 4 N–H and O–H groups in total. The molecular weight excluding hydrogens is 246 g/mol. The van der Waals surface area contributed by atoms with E-state index in [0.29, 0.717) is 0 Å².